The van der Waals surface area contributed by atoms with Gasteiger partial charge in [-0.05, 0) is 19.0 Å². The van der Waals surface area contributed by atoms with Crippen LogP contribution < -0.4 is 27.0 Å². The number of nitrogens with two attached hydrogens (primary N) is 1. The number of hydrogen-bond acceptors (Lipinski definition) is 11. The lowest BCUT2D eigenvalue weighted by Crippen LogP contribution is -2.71. The molecule has 0 spiro atoms. The molecule has 0 aromatic carbocycles. The van der Waals surface area contributed by atoms with Crippen LogP contribution in [0.5, 0.6) is 0 Å². The van der Waals surface area contributed by atoms with E-state index < -0.39 is 29.6 Å². The van der Waals surface area contributed by atoms with Gasteiger partial charge in [0.05, 0.1) is 12.8 Å². The molecule has 7 N–H and O–H groups in total. The molecule has 1 aromatic heterocycles. The van der Waals surface area contributed by atoms with Crippen molar-refractivity contribution in [2.75, 3.05) is 26.3 Å². The van der Waals surface area contributed by atoms with Crippen molar-refractivity contribution in [3.63, 3.8) is 0 Å². The van der Waals surface area contributed by atoms with Gasteiger partial charge in [0, 0.05) is 25.8 Å². The van der Waals surface area contributed by atoms with Crippen LogP contribution in [0.1, 0.15) is 36.7 Å². The third kappa shape index (κ3) is 7.30. The van der Waals surface area contributed by atoms with Crippen molar-refractivity contribution in [1.82, 2.24) is 26.4 Å². The minimum atomic E-state index is -2.60. The largest absolute Gasteiger partial charge is 0.478 e. The normalized spacial score (nSPS) is 18.2. The molecular formula is C19H30N6O7. The number of aliphatic carboxylic acids is 1. The summed E-state index contributed by atoms with van der Waals surface area (Å²) in [6, 6.07) is 1.25. The van der Waals surface area contributed by atoms with E-state index >= 15 is 0 Å². The molecule has 0 radical (unpaired) electrons. The standard InChI is InChI=1S/C19H30N6O7/c1-2-3-11-31-18(29)25-19(20,16(27)28)15(14(26)13-6-10-24-32-13)30-12-5-9-23-17-21-7-4-8-22-17/h4,6-7,10,15,17,21-23H,2-3,5,8-9,11-12,20H2,1H3,(H,25,29)(H,27,28). The first kappa shape index (κ1) is 25.3. The van der Waals surface area contributed by atoms with Crippen LogP contribution in [0.4, 0.5) is 4.79 Å². The molecule has 1 amide bonds. The fourth-order valence-corrected chi connectivity index (χ4v) is 2.75. The van der Waals surface area contributed by atoms with Crippen LogP contribution in [-0.4, -0.2) is 72.5 Å². The summed E-state index contributed by atoms with van der Waals surface area (Å²) in [5.41, 5.74) is 3.37. The number of ketones is 1. The van der Waals surface area contributed by atoms with E-state index in [4.69, 9.17) is 19.7 Å². The third-order valence-corrected chi connectivity index (χ3v) is 4.50. The zero-order valence-corrected chi connectivity index (χ0v) is 17.8. The number of alkyl carbamates (subject to hydrolysis) is 1. The van der Waals surface area contributed by atoms with Crippen molar-refractivity contribution in [2.24, 2.45) is 5.73 Å². The first-order chi connectivity index (χ1) is 15.4. The summed E-state index contributed by atoms with van der Waals surface area (Å²) < 4.78 is 15.3. The van der Waals surface area contributed by atoms with Crippen LogP contribution in [0, 0.1) is 0 Å². The van der Waals surface area contributed by atoms with Gasteiger partial charge < -0.3 is 24.4 Å². The molecule has 13 heteroatoms. The van der Waals surface area contributed by atoms with E-state index in [0.717, 1.165) is 6.42 Å². The third-order valence-electron chi connectivity index (χ3n) is 4.50. The Labute approximate surface area is 185 Å². The van der Waals surface area contributed by atoms with E-state index in [-0.39, 0.29) is 25.3 Å². The van der Waals surface area contributed by atoms with E-state index in [2.05, 4.69) is 26.4 Å². The highest BCUT2D eigenvalue weighted by atomic mass is 16.6. The zero-order chi connectivity index (χ0) is 23.4. The molecule has 0 fully saturated rings. The van der Waals surface area contributed by atoms with E-state index in [1.165, 1.54) is 12.3 Å². The molecule has 2 heterocycles. The number of carbonyl (C=O) groups excluding carboxylic acids is 2. The number of aromatic nitrogens is 1. The van der Waals surface area contributed by atoms with Crippen LogP contribution in [0.3, 0.4) is 0 Å². The van der Waals surface area contributed by atoms with Gasteiger partial charge in [0.25, 0.3) is 0 Å². The number of amides is 1. The van der Waals surface area contributed by atoms with Crippen LogP contribution in [0.2, 0.25) is 0 Å². The summed E-state index contributed by atoms with van der Waals surface area (Å²) in [7, 11) is 0. The van der Waals surface area contributed by atoms with Gasteiger partial charge in [-0.1, -0.05) is 24.6 Å². The molecule has 32 heavy (non-hydrogen) atoms. The Morgan fingerprint density at radius 3 is 2.84 bits per heavy atom. The lowest BCUT2D eigenvalue weighted by atomic mass is 9.98. The summed E-state index contributed by atoms with van der Waals surface area (Å²) in [5, 5.41) is 24.6. The first-order valence-electron chi connectivity index (χ1n) is 10.3. The quantitative estimate of drug-likeness (QED) is 0.120. The lowest BCUT2D eigenvalue weighted by molar-refractivity contribution is -0.150. The number of hydrogen-bond donors (Lipinski definition) is 6. The second-order valence-corrected chi connectivity index (χ2v) is 7.00. The Bertz CT molecular complexity index is 772. The van der Waals surface area contributed by atoms with Gasteiger partial charge in [-0.15, -0.1) is 0 Å². The monoisotopic (exact) mass is 454 g/mol. The predicted molar refractivity (Wildman–Crippen MR) is 111 cm³/mol. The van der Waals surface area contributed by atoms with Crippen LogP contribution >= 0.6 is 0 Å². The lowest BCUT2D eigenvalue weighted by Gasteiger charge is -2.32. The number of ether oxygens (including phenoxy) is 2. The summed E-state index contributed by atoms with van der Waals surface area (Å²) in [5.74, 6) is -2.81. The Balaban J connectivity index is 2.03. The number of unbranched alkanes of at least 4 members (excludes halogenated alkanes) is 1. The van der Waals surface area contributed by atoms with E-state index in [9.17, 15) is 19.5 Å². The molecule has 1 aromatic rings. The molecule has 1 aliphatic heterocycles. The Morgan fingerprint density at radius 1 is 1.41 bits per heavy atom. The van der Waals surface area contributed by atoms with Gasteiger partial charge in [0.1, 0.15) is 6.29 Å². The second kappa shape index (κ2) is 12.8. The van der Waals surface area contributed by atoms with Crippen molar-refractivity contribution < 1.29 is 33.5 Å². The highest BCUT2D eigenvalue weighted by Crippen LogP contribution is 2.16. The van der Waals surface area contributed by atoms with Crippen molar-refractivity contribution in [1.29, 1.82) is 0 Å². The summed E-state index contributed by atoms with van der Waals surface area (Å²) in [6.07, 6.45) is 3.74. The van der Waals surface area contributed by atoms with Gasteiger partial charge in [-0.2, -0.15) is 0 Å². The average molecular weight is 454 g/mol. The number of Topliss-reactive ketones (excluding diaryl/α,β-unsaturated/α-hetero) is 1. The van der Waals surface area contributed by atoms with Crippen molar-refractivity contribution >= 4 is 17.8 Å². The van der Waals surface area contributed by atoms with Crippen molar-refractivity contribution in [3.8, 4) is 0 Å². The van der Waals surface area contributed by atoms with Crippen LogP contribution in [0.25, 0.3) is 0 Å². The molecule has 13 nitrogen and oxygen atoms in total. The number of carboxylic acids is 1. The highest BCUT2D eigenvalue weighted by Gasteiger charge is 2.50. The number of rotatable bonds is 14. The topological polar surface area (TPSA) is 190 Å². The number of nitrogens with one attached hydrogen (secondary N) is 4. The summed E-state index contributed by atoms with van der Waals surface area (Å²) in [4.78, 5) is 37.0. The maximum absolute atomic E-state index is 12.9. The smallest absolute Gasteiger partial charge is 0.409 e. The molecule has 3 atom stereocenters. The van der Waals surface area contributed by atoms with Crippen LogP contribution in [-0.2, 0) is 14.3 Å². The van der Waals surface area contributed by atoms with Crippen molar-refractivity contribution in [2.45, 2.75) is 44.2 Å². The fraction of sp³-hybridized carbons (Fsp3) is 0.579. The molecule has 2 rings (SSSR count). The second-order valence-electron chi connectivity index (χ2n) is 7.00. The van der Waals surface area contributed by atoms with E-state index in [0.29, 0.717) is 25.9 Å². The molecular weight excluding hydrogens is 424 g/mol. The van der Waals surface area contributed by atoms with E-state index in [1.807, 2.05) is 19.2 Å². The summed E-state index contributed by atoms with van der Waals surface area (Å²) in [6.45, 7) is 3.14. The maximum atomic E-state index is 12.9. The number of nitrogens with zero attached hydrogens (tertiary/aromatic N) is 1. The van der Waals surface area contributed by atoms with Gasteiger partial charge in [-0.25, -0.2) is 9.59 Å². The molecule has 178 valence electrons. The molecule has 0 aliphatic carbocycles. The fourth-order valence-electron chi connectivity index (χ4n) is 2.75. The van der Waals surface area contributed by atoms with Gasteiger partial charge in [0.15, 0.2) is 6.10 Å². The highest BCUT2D eigenvalue weighted by molar-refractivity contribution is 6.02. The van der Waals surface area contributed by atoms with Crippen LogP contribution in [0.15, 0.2) is 29.1 Å². The number of carbonyl (C=O) groups is 3. The first-order valence-corrected chi connectivity index (χ1v) is 10.3. The molecule has 0 bridgehead atoms. The zero-order valence-electron chi connectivity index (χ0n) is 17.8. The molecule has 3 unspecified atom stereocenters. The number of carboxylic acid groups (broad SMARTS) is 1. The van der Waals surface area contributed by atoms with Gasteiger partial charge >= 0.3 is 12.1 Å². The minimum Gasteiger partial charge on any atom is -0.478 e. The van der Waals surface area contributed by atoms with Crippen molar-refractivity contribution in [3.05, 3.63) is 30.3 Å². The Hall–Kier alpha value is -3.00. The SMILES string of the molecule is CCCCOC(=O)NC(N)(C(=O)O)C(OCCCNC1NC=CCN1)C(=O)c1ccno1. The molecule has 0 saturated carbocycles. The Kier molecular flexibility index (Phi) is 10.1. The molecule has 1 aliphatic rings. The minimum absolute atomic E-state index is 0.0289. The van der Waals surface area contributed by atoms with Gasteiger partial charge in [-0.3, -0.25) is 26.5 Å². The summed E-state index contributed by atoms with van der Waals surface area (Å²) >= 11 is 0. The average Bonchev–Trinajstić information content (AvgIpc) is 3.31. The molecule has 0 saturated heterocycles. The maximum Gasteiger partial charge on any atom is 0.409 e. The Morgan fingerprint density at radius 2 is 2.22 bits per heavy atom. The van der Waals surface area contributed by atoms with Gasteiger partial charge in [0.2, 0.25) is 17.2 Å². The van der Waals surface area contributed by atoms with E-state index in [1.54, 1.807) is 0 Å². The predicted octanol–water partition coefficient (Wildman–Crippen LogP) is -0.522.